The summed E-state index contributed by atoms with van der Waals surface area (Å²) in [5.74, 6) is 1.40. The van der Waals surface area contributed by atoms with Gasteiger partial charge in [0, 0.05) is 68.6 Å². The van der Waals surface area contributed by atoms with Gasteiger partial charge in [-0.05, 0) is 43.9 Å². The van der Waals surface area contributed by atoms with E-state index in [1.165, 1.54) is 0 Å². The molecule has 1 atom stereocenters. The fourth-order valence-electron chi connectivity index (χ4n) is 5.90. The third kappa shape index (κ3) is 6.05. The maximum atomic E-state index is 13.5. The van der Waals surface area contributed by atoms with E-state index in [-0.39, 0.29) is 18.1 Å². The number of hydrogen-bond donors (Lipinski definition) is 1. The summed E-state index contributed by atoms with van der Waals surface area (Å²) < 4.78 is 5.90. The molecule has 2 fully saturated rings. The van der Waals surface area contributed by atoms with E-state index in [0.29, 0.717) is 38.3 Å². The maximum Gasteiger partial charge on any atom is 0.224 e. The number of pyridine rings is 1. The Labute approximate surface area is 235 Å². The number of carbonyl (C=O) groups excluding carboxylic acids is 1. The number of piperidine rings is 1. The van der Waals surface area contributed by atoms with Crippen molar-refractivity contribution in [3.8, 4) is 5.75 Å². The molecule has 2 aromatic heterocycles. The number of aryl methyl sites for hydroxylation is 1. The lowest BCUT2D eigenvalue weighted by molar-refractivity contribution is -0.134. The minimum Gasteiger partial charge on any atom is -0.494 e. The van der Waals surface area contributed by atoms with Gasteiger partial charge >= 0.3 is 0 Å². The molecule has 8 nitrogen and oxygen atoms in total. The lowest BCUT2D eigenvalue weighted by Crippen LogP contribution is -2.42. The van der Waals surface area contributed by atoms with Crippen LogP contribution in [0.4, 0.5) is 5.69 Å². The van der Waals surface area contributed by atoms with Crippen LogP contribution < -0.4 is 9.64 Å². The first kappa shape index (κ1) is 27.8. The number of carbonyl (C=O) groups is 1. The number of thiazole rings is 1. The molecular formula is C30H41N5O3S. The van der Waals surface area contributed by atoms with Crippen molar-refractivity contribution >= 4 is 33.8 Å². The first-order chi connectivity index (χ1) is 18.9. The Bertz CT molecular complexity index is 1290. The number of hydrogen-bond acceptors (Lipinski definition) is 8. The van der Waals surface area contributed by atoms with Crippen LogP contribution in [0, 0.1) is 6.92 Å². The molecule has 1 N–H and O–H groups in total. The molecule has 210 valence electrons. The predicted octanol–water partition coefficient (Wildman–Crippen LogP) is 4.76. The van der Waals surface area contributed by atoms with Crippen LogP contribution in [0.1, 0.15) is 67.8 Å². The van der Waals surface area contributed by atoms with Crippen molar-refractivity contribution < 1.29 is 14.6 Å². The average Bonchev–Trinajstić information content (AvgIpc) is 3.30. The van der Waals surface area contributed by atoms with Crippen LogP contribution in [0.15, 0.2) is 29.8 Å². The van der Waals surface area contributed by atoms with Crippen LogP contribution in [0.3, 0.4) is 0 Å². The van der Waals surface area contributed by atoms with E-state index in [2.05, 4.69) is 48.1 Å². The van der Waals surface area contributed by atoms with Crippen LogP contribution >= 0.6 is 11.3 Å². The molecule has 2 aliphatic rings. The largest absolute Gasteiger partial charge is 0.494 e. The van der Waals surface area contributed by atoms with Crippen molar-refractivity contribution in [2.75, 3.05) is 51.3 Å². The zero-order valence-corrected chi connectivity index (χ0v) is 24.4. The standard InChI is InChI=1S/C30H41N5O3S/c1-20(2)30-32-24(19-39-30)25(18-26(37)34-13-8-23(36)9-14-34)33-11-6-12-35(16-15-33)28-27-22(7-5-10-31-27)17-21(3)29(28)38-4/h5,7,10,17,19-20,23,25,36H,6,8-9,11-16,18H2,1-4H3. The number of anilines is 1. The normalized spacial score (nSPS) is 18.5. The molecule has 5 rings (SSSR count). The van der Waals surface area contributed by atoms with E-state index in [4.69, 9.17) is 14.7 Å². The van der Waals surface area contributed by atoms with Gasteiger partial charge in [-0.25, -0.2) is 4.98 Å². The molecule has 2 saturated heterocycles. The molecule has 3 aromatic rings. The van der Waals surface area contributed by atoms with E-state index in [9.17, 15) is 9.90 Å². The summed E-state index contributed by atoms with van der Waals surface area (Å²) >= 11 is 1.69. The summed E-state index contributed by atoms with van der Waals surface area (Å²) in [6.07, 6.45) is 4.24. The Kier molecular flexibility index (Phi) is 8.69. The number of benzene rings is 1. The number of likely N-dealkylation sites (tertiary alicyclic amines) is 1. The fourth-order valence-corrected chi connectivity index (χ4v) is 6.78. The van der Waals surface area contributed by atoms with Gasteiger partial charge in [0.05, 0.1) is 35.5 Å². The molecule has 0 aliphatic carbocycles. The van der Waals surface area contributed by atoms with Crippen molar-refractivity contribution in [3.05, 3.63) is 46.0 Å². The summed E-state index contributed by atoms with van der Waals surface area (Å²) in [5, 5.41) is 14.3. The Morgan fingerprint density at radius 2 is 1.97 bits per heavy atom. The first-order valence-corrected chi connectivity index (χ1v) is 15.1. The van der Waals surface area contributed by atoms with E-state index in [0.717, 1.165) is 71.2 Å². The smallest absolute Gasteiger partial charge is 0.224 e. The van der Waals surface area contributed by atoms with Crippen molar-refractivity contribution in [1.29, 1.82) is 0 Å². The van der Waals surface area contributed by atoms with Gasteiger partial charge in [-0.3, -0.25) is 14.7 Å². The average molecular weight is 552 g/mol. The van der Waals surface area contributed by atoms with Crippen molar-refractivity contribution in [2.45, 2.75) is 64.5 Å². The number of aromatic nitrogens is 2. The molecule has 0 radical (unpaired) electrons. The van der Waals surface area contributed by atoms with Gasteiger partial charge in [-0.15, -0.1) is 11.3 Å². The number of methoxy groups -OCH3 is 1. The highest BCUT2D eigenvalue weighted by atomic mass is 32.1. The number of rotatable bonds is 7. The van der Waals surface area contributed by atoms with Crippen molar-refractivity contribution in [3.63, 3.8) is 0 Å². The van der Waals surface area contributed by atoms with Crippen LogP contribution in [0.5, 0.6) is 5.75 Å². The highest BCUT2D eigenvalue weighted by molar-refractivity contribution is 7.09. The number of aliphatic hydroxyl groups excluding tert-OH is 1. The molecule has 0 spiro atoms. The molecule has 1 unspecified atom stereocenters. The van der Waals surface area contributed by atoms with E-state index < -0.39 is 0 Å². The topological polar surface area (TPSA) is 82.0 Å². The lowest BCUT2D eigenvalue weighted by Gasteiger charge is -2.34. The van der Waals surface area contributed by atoms with Crippen LogP contribution in [-0.2, 0) is 4.79 Å². The van der Waals surface area contributed by atoms with Crippen molar-refractivity contribution in [2.24, 2.45) is 0 Å². The molecule has 4 heterocycles. The highest BCUT2D eigenvalue weighted by Gasteiger charge is 2.32. The minimum atomic E-state index is -0.294. The van der Waals surface area contributed by atoms with Crippen LogP contribution in [-0.4, -0.2) is 83.3 Å². The number of nitrogens with zero attached hydrogens (tertiary/aromatic N) is 5. The van der Waals surface area contributed by atoms with Crippen molar-refractivity contribution in [1.82, 2.24) is 19.8 Å². The Morgan fingerprint density at radius 1 is 1.18 bits per heavy atom. The summed E-state index contributed by atoms with van der Waals surface area (Å²) in [6.45, 7) is 11.1. The van der Waals surface area contributed by atoms with Gasteiger partial charge in [0.25, 0.3) is 0 Å². The second-order valence-corrected chi connectivity index (χ2v) is 12.0. The van der Waals surface area contributed by atoms with Gasteiger partial charge in [0.1, 0.15) is 11.4 Å². The third-order valence-electron chi connectivity index (χ3n) is 8.06. The zero-order chi connectivity index (χ0) is 27.5. The maximum absolute atomic E-state index is 13.5. The quantitative estimate of drug-likeness (QED) is 0.453. The summed E-state index contributed by atoms with van der Waals surface area (Å²) in [5.41, 5.74) is 4.13. The van der Waals surface area contributed by atoms with E-state index in [1.807, 2.05) is 17.2 Å². The molecule has 39 heavy (non-hydrogen) atoms. The Hall–Kier alpha value is -2.75. The van der Waals surface area contributed by atoms with Gasteiger partial charge in [-0.2, -0.15) is 0 Å². The number of amides is 1. The lowest BCUT2D eigenvalue weighted by atomic mass is 10.0. The highest BCUT2D eigenvalue weighted by Crippen LogP contribution is 2.39. The molecule has 0 saturated carbocycles. The molecule has 1 amide bonds. The Balaban J connectivity index is 1.40. The monoisotopic (exact) mass is 551 g/mol. The van der Waals surface area contributed by atoms with Crippen LogP contribution in [0.25, 0.3) is 10.9 Å². The summed E-state index contributed by atoms with van der Waals surface area (Å²) in [6, 6.07) is 6.16. The Morgan fingerprint density at radius 3 is 2.69 bits per heavy atom. The molecule has 0 bridgehead atoms. The number of ether oxygens (including phenoxy) is 1. The summed E-state index contributed by atoms with van der Waals surface area (Å²) in [7, 11) is 1.74. The molecule has 9 heteroatoms. The molecule has 1 aromatic carbocycles. The van der Waals surface area contributed by atoms with E-state index in [1.54, 1.807) is 18.4 Å². The molecular weight excluding hydrogens is 510 g/mol. The summed E-state index contributed by atoms with van der Waals surface area (Å²) in [4.78, 5) is 30.0. The molecule has 2 aliphatic heterocycles. The fraction of sp³-hybridized carbons (Fsp3) is 0.567. The first-order valence-electron chi connectivity index (χ1n) is 14.2. The predicted molar refractivity (Wildman–Crippen MR) is 157 cm³/mol. The van der Waals surface area contributed by atoms with Crippen LogP contribution in [0.2, 0.25) is 0 Å². The van der Waals surface area contributed by atoms with Gasteiger partial charge in [0.15, 0.2) is 0 Å². The number of aliphatic hydroxyl groups is 1. The van der Waals surface area contributed by atoms with Gasteiger partial charge < -0.3 is 19.6 Å². The van der Waals surface area contributed by atoms with Gasteiger partial charge in [0.2, 0.25) is 5.91 Å². The minimum absolute atomic E-state index is 0.0673. The second kappa shape index (κ2) is 12.2. The van der Waals surface area contributed by atoms with E-state index >= 15 is 0 Å². The second-order valence-electron chi connectivity index (χ2n) is 11.1. The number of fused-ring (bicyclic) bond motifs is 1. The zero-order valence-electron chi connectivity index (χ0n) is 23.6. The SMILES string of the molecule is COc1c(C)cc2cccnc2c1N1CCCN(C(CC(=O)N2CCC(O)CC2)c2csc(C(C)C)n2)CC1. The van der Waals surface area contributed by atoms with Gasteiger partial charge in [-0.1, -0.05) is 19.9 Å². The third-order valence-corrected chi connectivity index (χ3v) is 9.22.